The minimum atomic E-state index is 0.258. The fourth-order valence-corrected chi connectivity index (χ4v) is 2.65. The van der Waals surface area contributed by atoms with Crippen LogP contribution in [0.25, 0.3) is 0 Å². The molecule has 0 atom stereocenters. The van der Waals surface area contributed by atoms with Crippen molar-refractivity contribution in [2.45, 2.75) is 58.3 Å². The summed E-state index contributed by atoms with van der Waals surface area (Å²) in [6.45, 7) is 1.65. The van der Waals surface area contributed by atoms with Crippen molar-refractivity contribution in [1.82, 2.24) is 0 Å². The Morgan fingerprint density at radius 3 is 1.87 bits per heavy atom. The van der Waals surface area contributed by atoms with E-state index in [2.05, 4.69) is 22.6 Å². The van der Waals surface area contributed by atoms with Crippen LogP contribution in [0.15, 0.2) is 0 Å². The van der Waals surface area contributed by atoms with Crippen LogP contribution in [0.4, 0.5) is 0 Å². The number of unbranched alkanes of at least 4 members (excludes halogenated alkanes) is 7. The standard InChI is InChI=1S/C12H23IOS/c1-12(14)15-11-9-7-5-3-2-4-6-8-10-13/h2-11H2,1H3. The molecule has 0 saturated heterocycles. The lowest BCUT2D eigenvalue weighted by atomic mass is 10.1. The molecule has 0 amide bonds. The van der Waals surface area contributed by atoms with Crippen LogP contribution in [0.1, 0.15) is 58.3 Å². The maximum atomic E-state index is 10.6. The van der Waals surface area contributed by atoms with Crippen LogP contribution < -0.4 is 0 Å². The first-order chi connectivity index (χ1) is 7.27. The third-order valence-corrected chi connectivity index (χ3v) is 4.00. The molecule has 0 aromatic rings. The van der Waals surface area contributed by atoms with Crippen LogP contribution in [0.2, 0.25) is 0 Å². The van der Waals surface area contributed by atoms with Gasteiger partial charge in [-0.1, -0.05) is 72.9 Å². The van der Waals surface area contributed by atoms with Gasteiger partial charge in [0.05, 0.1) is 0 Å². The highest BCUT2D eigenvalue weighted by atomic mass is 127. The number of halogens is 1. The van der Waals surface area contributed by atoms with E-state index in [1.54, 1.807) is 6.92 Å². The van der Waals surface area contributed by atoms with E-state index in [0.29, 0.717) is 0 Å². The zero-order valence-electron chi connectivity index (χ0n) is 9.77. The first-order valence-electron chi connectivity index (χ1n) is 5.96. The molecule has 0 rings (SSSR count). The largest absolute Gasteiger partial charge is 0.288 e. The Balaban J connectivity index is 2.89. The van der Waals surface area contributed by atoms with Crippen molar-refractivity contribution in [2.75, 3.05) is 10.2 Å². The molecule has 0 spiro atoms. The van der Waals surface area contributed by atoms with Gasteiger partial charge in [-0.25, -0.2) is 0 Å². The van der Waals surface area contributed by atoms with Gasteiger partial charge in [0.2, 0.25) is 0 Å². The van der Waals surface area contributed by atoms with Crippen LogP contribution in [0, 0.1) is 0 Å². The Morgan fingerprint density at radius 2 is 1.40 bits per heavy atom. The molecule has 0 saturated carbocycles. The van der Waals surface area contributed by atoms with Gasteiger partial charge in [-0.3, -0.25) is 4.79 Å². The molecule has 0 radical (unpaired) electrons. The van der Waals surface area contributed by atoms with E-state index >= 15 is 0 Å². The maximum Gasteiger partial charge on any atom is 0.185 e. The first kappa shape index (κ1) is 15.8. The molecule has 3 heteroatoms. The normalized spacial score (nSPS) is 10.5. The third-order valence-electron chi connectivity index (χ3n) is 2.33. The zero-order valence-corrected chi connectivity index (χ0v) is 12.7. The van der Waals surface area contributed by atoms with Gasteiger partial charge < -0.3 is 0 Å². The Hall–Kier alpha value is 0.750. The summed E-state index contributed by atoms with van der Waals surface area (Å²) in [6.07, 6.45) is 10.8. The monoisotopic (exact) mass is 342 g/mol. The third kappa shape index (κ3) is 14.8. The molecule has 0 aliphatic rings. The first-order valence-corrected chi connectivity index (χ1v) is 8.48. The summed E-state index contributed by atoms with van der Waals surface area (Å²) in [7, 11) is 0. The Labute approximate surface area is 112 Å². The Kier molecular flexibility index (Phi) is 13.5. The minimum absolute atomic E-state index is 0.258. The zero-order chi connectivity index (χ0) is 11.4. The van der Waals surface area contributed by atoms with Crippen molar-refractivity contribution in [1.29, 1.82) is 0 Å². The van der Waals surface area contributed by atoms with Gasteiger partial charge in [0.15, 0.2) is 5.12 Å². The Morgan fingerprint density at radius 1 is 0.933 bits per heavy atom. The number of thioether (sulfide) groups is 1. The van der Waals surface area contributed by atoms with E-state index in [1.165, 1.54) is 67.6 Å². The van der Waals surface area contributed by atoms with E-state index in [1.807, 2.05) is 0 Å². The quantitative estimate of drug-likeness (QED) is 0.322. The molecular weight excluding hydrogens is 319 g/mol. The molecule has 0 fully saturated rings. The number of alkyl halides is 1. The summed E-state index contributed by atoms with van der Waals surface area (Å²) in [5.41, 5.74) is 0. The highest BCUT2D eigenvalue weighted by Crippen LogP contribution is 2.11. The fraction of sp³-hybridized carbons (Fsp3) is 0.917. The van der Waals surface area contributed by atoms with Crippen LogP contribution in [0.5, 0.6) is 0 Å². The predicted octanol–water partition coefficient (Wildman–Crippen LogP) is 4.82. The molecule has 15 heavy (non-hydrogen) atoms. The summed E-state index contributed by atoms with van der Waals surface area (Å²) in [5.74, 6) is 1.02. The van der Waals surface area contributed by atoms with E-state index in [0.717, 1.165) is 5.75 Å². The van der Waals surface area contributed by atoms with E-state index in [4.69, 9.17) is 0 Å². The molecule has 0 aliphatic heterocycles. The summed E-state index contributed by atoms with van der Waals surface area (Å²) in [5, 5.41) is 0.258. The molecule has 0 aliphatic carbocycles. The summed E-state index contributed by atoms with van der Waals surface area (Å²) >= 11 is 3.91. The van der Waals surface area contributed by atoms with Crippen LogP contribution in [-0.2, 0) is 4.79 Å². The maximum absolute atomic E-state index is 10.6. The molecule has 0 bridgehead atoms. The second-order valence-corrected chi connectivity index (χ2v) is 6.21. The molecule has 0 unspecified atom stereocenters. The van der Waals surface area contributed by atoms with Crippen LogP contribution in [-0.4, -0.2) is 15.3 Å². The predicted molar refractivity (Wildman–Crippen MR) is 79.0 cm³/mol. The fourth-order valence-electron chi connectivity index (χ4n) is 1.47. The molecule has 1 nitrogen and oxygen atoms in total. The Bertz CT molecular complexity index is 151. The molecule has 0 aromatic carbocycles. The second kappa shape index (κ2) is 12.8. The van der Waals surface area contributed by atoms with E-state index in [-0.39, 0.29) is 5.12 Å². The molecule has 90 valence electrons. The highest BCUT2D eigenvalue weighted by molar-refractivity contribution is 14.1. The molecule has 0 N–H and O–H groups in total. The SMILES string of the molecule is CC(=O)SCCCCCCCCCCI. The van der Waals surface area contributed by atoms with Crippen molar-refractivity contribution in [3.05, 3.63) is 0 Å². The number of carbonyl (C=O) groups excluding carboxylic acids is 1. The summed E-state index contributed by atoms with van der Waals surface area (Å²) < 4.78 is 1.31. The van der Waals surface area contributed by atoms with Gasteiger partial charge in [-0.15, -0.1) is 0 Å². The lowest BCUT2D eigenvalue weighted by Gasteiger charge is -2.00. The minimum Gasteiger partial charge on any atom is -0.288 e. The van der Waals surface area contributed by atoms with Gasteiger partial charge in [0.1, 0.15) is 0 Å². The highest BCUT2D eigenvalue weighted by Gasteiger charge is 1.94. The van der Waals surface area contributed by atoms with Gasteiger partial charge in [0, 0.05) is 12.7 Å². The van der Waals surface area contributed by atoms with E-state index in [9.17, 15) is 4.79 Å². The lowest BCUT2D eigenvalue weighted by molar-refractivity contribution is -0.109. The van der Waals surface area contributed by atoms with Gasteiger partial charge >= 0.3 is 0 Å². The lowest BCUT2D eigenvalue weighted by Crippen LogP contribution is -1.87. The molecule has 0 aromatic heterocycles. The van der Waals surface area contributed by atoms with Crippen molar-refractivity contribution in [3.63, 3.8) is 0 Å². The number of rotatable bonds is 10. The van der Waals surface area contributed by atoms with Crippen LogP contribution in [0.3, 0.4) is 0 Å². The number of hydrogen-bond donors (Lipinski definition) is 0. The van der Waals surface area contributed by atoms with Crippen molar-refractivity contribution in [2.24, 2.45) is 0 Å². The number of carbonyl (C=O) groups is 1. The summed E-state index contributed by atoms with van der Waals surface area (Å²) in [4.78, 5) is 10.6. The number of hydrogen-bond acceptors (Lipinski definition) is 2. The average Bonchev–Trinajstić information content (AvgIpc) is 2.20. The van der Waals surface area contributed by atoms with E-state index < -0.39 is 0 Å². The van der Waals surface area contributed by atoms with Gasteiger partial charge in [0.25, 0.3) is 0 Å². The molecular formula is C12H23IOS. The van der Waals surface area contributed by atoms with Gasteiger partial charge in [-0.05, 0) is 17.3 Å². The smallest absolute Gasteiger partial charge is 0.185 e. The topological polar surface area (TPSA) is 17.1 Å². The second-order valence-electron chi connectivity index (χ2n) is 3.86. The van der Waals surface area contributed by atoms with Gasteiger partial charge in [-0.2, -0.15) is 0 Å². The average molecular weight is 342 g/mol. The van der Waals surface area contributed by atoms with Crippen molar-refractivity contribution in [3.8, 4) is 0 Å². The van der Waals surface area contributed by atoms with Crippen molar-refractivity contribution >= 4 is 39.5 Å². The van der Waals surface area contributed by atoms with Crippen molar-refractivity contribution < 1.29 is 4.79 Å². The van der Waals surface area contributed by atoms with Crippen LogP contribution >= 0.6 is 34.4 Å². The summed E-state index contributed by atoms with van der Waals surface area (Å²) in [6, 6.07) is 0. The molecule has 0 heterocycles.